The first-order chi connectivity index (χ1) is 16.5. The number of aliphatic hydroxyl groups is 1. The van der Waals surface area contributed by atoms with Crippen LogP contribution in [0.15, 0.2) is 41.2 Å². The van der Waals surface area contributed by atoms with Gasteiger partial charge in [0.1, 0.15) is 30.0 Å². The normalized spacial score (nSPS) is 18.0. The smallest absolute Gasteiger partial charge is 0.287 e. The second-order valence-corrected chi connectivity index (χ2v) is 7.62. The van der Waals surface area contributed by atoms with E-state index in [1.165, 1.54) is 6.07 Å². The van der Waals surface area contributed by atoms with Gasteiger partial charge in [-0.2, -0.15) is 0 Å². The molecular weight excluding hydrogens is 449 g/mol. The maximum absolute atomic E-state index is 14.5. The Labute approximate surface area is 193 Å². The number of aliphatic hydroxyl groups excluding tert-OH is 1. The van der Waals surface area contributed by atoms with Crippen molar-refractivity contribution in [1.82, 2.24) is 15.3 Å². The van der Waals surface area contributed by atoms with E-state index in [-0.39, 0.29) is 55.4 Å². The number of amides is 1. The van der Waals surface area contributed by atoms with Gasteiger partial charge in [-0.25, -0.2) is 9.37 Å². The van der Waals surface area contributed by atoms with E-state index < -0.39 is 29.5 Å². The number of aromatic nitrogens is 2. The van der Waals surface area contributed by atoms with Crippen molar-refractivity contribution in [3.63, 3.8) is 0 Å². The predicted molar refractivity (Wildman–Crippen MR) is 119 cm³/mol. The minimum absolute atomic E-state index is 0.0730. The lowest BCUT2D eigenvalue weighted by atomic mass is 10.2. The van der Waals surface area contributed by atoms with Crippen molar-refractivity contribution in [2.45, 2.75) is 18.8 Å². The lowest BCUT2D eigenvalue weighted by molar-refractivity contribution is -0.153. The SMILES string of the molecule is COc1cccc(CNC(=O)c2nc3ccc(F)c(OC[C@H]4CO[C@H](CO)CO4)c3c(=O)[nH]2)c1. The monoisotopic (exact) mass is 473 g/mol. The van der Waals surface area contributed by atoms with Crippen molar-refractivity contribution in [1.29, 1.82) is 0 Å². The molecule has 0 saturated carbocycles. The zero-order chi connectivity index (χ0) is 24.1. The van der Waals surface area contributed by atoms with Gasteiger partial charge in [0.25, 0.3) is 11.5 Å². The molecule has 2 atom stereocenters. The summed E-state index contributed by atoms with van der Waals surface area (Å²) in [7, 11) is 1.55. The van der Waals surface area contributed by atoms with Crippen LogP contribution < -0.4 is 20.3 Å². The molecule has 2 aromatic carbocycles. The molecular formula is C23H24FN3O7. The number of hydrogen-bond donors (Lipinski definition) is 3. The van der Waals surface area contributed by atoms with Crippen LogP contribution in [0.25, 0.3) is 10.9 Å². The van der Waals surface area contributed by atoms with Gasteiger partial charge >= 0.3 is 0 Å². The van der Waals surface area contributed by atoms with Crippen molar-refractivity contribution in [3.8, 4) is 11.5 Å². The number of benzene rings is 2. The Bertz CT molecular complexity index is 1220. The number of rotatable bonds is 8. The Kier molecular flexibility index (Phi) is 7.36. The summed E-state index contributed by atoms with van der Waals surface area (Å²) >= 11 is 0. The van der Waals surface area contributed by atoms with E-state index in [0.29, 0.717) is 5.75 Å². The van der Waals surface area contributed by atoms with Crippen LogP contribution in [0.5, 0.6) is 11.5 Å². The highest BCUT2D eigenvalue weighted by Crippen LogP contribution is 2.26. The molecule has 0 bridgehead atoms. The lowest BCUT2D eigenvalue weighted by Gasteiger charge is -2.28. The van der Waals surface area contributed by atoms with E-state index in [4.69, 9.17) is 24.1 Å². The Balaban J connectivity index is 1.49. The summed E-state index contributed by atoms with van der Waals surface area (Å²) in [4.78, 5) is 31.9. The Morgan fingerprint density at radius 1 is 1.26 bits per heavy atom. The first-order valence-electron chi connectivity index (χ1n) is 10.6. The standard InChI is InChI=1S/C23H24FN3O7/c1-31-14-4-2-3-13(7-14)8-25-23(30)21-26-18-6-5-17(24)20(19(18)22(29)27-21)34-12-16-11-32-15(9-28)10-33-16/h2-7,15-16,28H,8-12H2,1H3,(H,25,30)(H,26,27,29)/t15-,16-/m1/s1. The third-order valence-electron chi connectivity index (χ3n) is 5.23. The number of hydrogen-bond acceptors (Lipinski definition) is 8. The van der Waals surface area contributed by atoms with Gasteiger partial charge in [-0.1, -0.05) is 12.1 Å². The fourth-order valence-electron chi connectivity index (χ4n) is 3.44. The van der Waals surface area contributed by atoms with Gasteiger partial charge in [-0.15, -0.1) is 0 Å². The van der Waals surface area contributed by atoms with E-state index in [0.717, 1.165) is 11.6 Å². The molecule has 1 amide bonds. The molecule has 3 N–H and O–H groups in total. The van der Waals surface area contributed by atoms with E-state index in [1.807, 2.05) is 6.07 Å². The molecule has 0 aliphatic carbocycles. The molecule has 1 aromatic heterocycles. The molecule has 2 heterocycles. The van der Waals surface area contributed by atoms with Gasteiger partial charge in [0.15, 0.2) is 17.4 Å². The quantitative estimate of drug-likeness (QED) is 0.444. The molecule has 180 valence electrons. The van der Waals surface area contributed by atoms with Crippen LogP contribution in [-0.2, 0) is 16.0 Å². The third-order valence-corrected chi connectivity index (χ3v) is 5.23. The summed E-state index contributed by atoms with van der Waals surface area (Å²) in [5, 5.41) is 11.6. The highest BCUT2D eigenvalue weighted by molar-refractivity contribution is 5.93. The topological polar surface area (TPSA) is 132 Å². The highest BCUT2D eigenvalue weighted by Gasteiger charge is 2.24. The van der Waals surface area contributed by atoms with E-state index >= 15 is 0 Å². The fraction of sp³-hybridized carbons (Fsp3) is 0.348. The molecule has 1 saturated heterocycles. The second-order valence-electron chi connectivity index (χ2n) is 7.62. The summed E-state index contributed by atoms with van der Waals surface area (Å²) < 4.78 is 36.1. The third kappa shape index (κ3) is 5.33. The van der Waals surface area contributed by atoms with Crippen LogP contribution in [0.4, 0.5) is 4.39 Å². The molecule has 4 rings (SSSR count). The molecule has 0 radical (unpaired) electrons. The van der Waals surface area contributed by atoms with Gasteiger partial charge in [-0.05, 0) is 29.8 Å². The van der Waals surface area contributed by atoms with E-state index in [1.54, 1.807) is 25.3 Å². The molecule has 1 fully saturated rings. The summed E-state index contributed by atoms with van der Waals surface area (Å²) in [6, 6.07) is 9.58. The Morgan fingerprint density at radius 2 is 2.06 bits per heavy atom. The fourth-order valence-corrected chi connectivity index (χ4v) is 3.44. The molecule has 0 unspecified atom stereocenters. The number of methoxy groups -OCH3 is 1. The molecule has 11 heteroatoms. The predicted octanol–water partition coefficient (Wildman–Crippen LogP) is 1.16. The van der Waals surface area contributed by atoms with Crippen molar-refractivity contribution >= 4 is 16.8 Å². The number of fused-ring (bicyclic) bond motifs is 1. The van der Waals surface area contributed by atoms with Gasteiger partial charge < -0.3 is 34.4 Å². The maximum Gasteiger partial charge on any atom is 0.287 e. The lowest BCUT2D eigenvalue weighted by Crippen LogP contribution is -2.40. The first kappa shape index (κ1) is 23.6. The summed E-state index contributed by atoms with van der Waals surface area (Å²) in [5.41, 5.74) is 0.188. The van der Waals surface area contributed by atoms with Crippen LogP contribution in [0, 0.1) is 5.82 Å². The second kappa shape index (κ2) is 10.6. The van der Waals surface area contributed by atoms with Crippen LogP contribution >= 0.6 is 0 Å². The molecule has 10 nitrogen and oxygen atoms in total. The van der Waals surface area contributed by atoms with Crippen molar-refractivity contribution < 1.29 is 33.2 Å². The minimum atomic E-state index is -0.750. The maximum atomic E-state index is 14.5. The number of nitrogens with zero attached hydrogens (tertiary/aromatic N) is 1. The zero-order valence-corrected chi connectivity index (χ0v) is 18.4. The Morgan fingerprint density at radius 3 is 2.79 bits per heavy atom. The molecule has 3 aromatic rings. The summed E-state index contributed by atoms with van der Waals surface area (Å²) in [5.74, 6) is -1.20. The van der Waals surface area contributed by atoms with Crippen molar-refractivity contribution in [3.05, 3.63) is 64.0 Å². The van der Waals surface area contributed by atoms with Crippen LogP contribution in [0.2, 0.25) is 0 Å². The number of ether oxygens (including phenoxy) is 4. The van der Waals surface area contributed by atoms with Gasteiger partial charge in [-0.3, -0.25) is 9.59 Å². The summed E-state index contributed by atoms with van der Waals surface area (Å²) in [6.45, 7) is 0.289. The average Bonchev–Trinajstić information content (AvgIpc) is 2.87. The number of aromatic amines is 1. The summed E-state index contributed by atoms with van der Waals surface area (Å²) in [6.07, 6.45) is -0.905. The highest BCUT2D eigenvalue weighted by atomic mass is 19.1. The molecule has 1 aliphatic rings. The van der Waals surface area contributed by atoms with Crippen LogP contribution in [0.1, 0.15) is 16.2 Å². The number of nitrogens with one attached hydrogen (secondary N) is 2. The van der Waals surface area contributed by atoms with E-state index in [2.05, 4.69) is 15.3 Å². The van der Waals surface area contributed by atoms with Crippen molar-refractivity contribution in [2.75, 3.05) is 33.5 Å². The Hall–Kier alpha value is -3.54. The van der Waals surface area contributed by atoms with Gasteiger partial charge in [0.05, 0.1) is 32.4 Å². The largest absolute Gasteiger partial charge is 0.497 e. The molecule has 0 spiro atoms. The first-order valence-corrected chi connectivity index (χ1v) is 10.6. The van der Waals surface area contributed by atoms with Gasteiger partial charge in [0, 0.05) is 6.54 Å². The molecule has 34 heavy (non-hydrogen) atoms. The van der Waals surface area contributed by atoms with Crippen molar-refractivity contribution in [2.24, 2.45) is 0 Å². The van der Waals surface area contributed by atoms with Crippen LogP contribution in [-0.4, -0.2) is 66.7 Å². The van der Waals surface area contributed by atoms with Crippen LogP contribution in [0.3, 0.4) is 0 Å². The number of carbonyl (C=O) groups excluding carboxylic acids is 1. The molecule has 1 aliphatic heterocycles. The average molecular weight is 473 g/mol. The van der Waals surface area contributed by atoms with E-state index in [9.17, 15) is 14.0 Å². The van der Waals surface area contributed by atoms with Gasteiger partial charge in [0.2, 0.25) is 0 Å². The zero-order valence-electron chi connectivity index (χ0n) is 18.4. The number of halogens is 1. The number of H-pyrrole nitrogens is 1. The minimum Gasteiger partial charge on any atom is -0.497 e. The number of carbonyl (C=O) groups is 1.